The summed E-state index contributed by atoms with van der Waals surface area (Å²) in [5, 5.41) is 12.1. The standard InChI is InChI=1S/C14H23N3O/c1-15-14-12(5-2-8-16-14)11-17-9-3-6-13(17)7-4-10-18/h2,5,8,13,18H,3-4,6-7,9-11H2,1H3,(H,15,16). The molecule has 4 nitrogen and oxygen atoms in total. The van der Waals surface area contributed by atoms with E-state index >= 15 is 0 Å². The van der Waals surface area contributed by atoms with Crippen molar-refractivity contribution in [2.45, 2.75) is 38.3 Å². The fourth-order valence-electron chi connectivity index (χ4n) is 2.77. The van der Waals surface area contributed by atoms with Crippen LogP contribution in [0.5, 0.6) is 0 Å². The molecular formula is C14H23N3O. The fourth-order valence-corrected chi connectivity index (χ4v) is 2.77. The van der Waals surface area contributed by atoms with Gasteiger partial charge in [0.2, 0.25) is 0 Å². The first-order valence-corrected chi connectivity index (χ1v) is 6.81. The Bertz CT molecular complexity index is 370. The lowest BCUT2D eigenvalue weighted by molar-refractivity contribution is 0.210. The Morgan fingerprint density at radius 1 is 1.56 bits per heavy atom. The van der Waals surface area contributed by atoms with Crippen molar-refractivity contribution in [1.29, 1.82) is 0 Å². The molecule has 1 aromatic heterocycles. The van der Waals surface area contributed by atoms with Crippen LogP contribution >= 0.6 is 0 Å². The van der Waals surface area contributed by atoms with E-state index in [1.54, 1.807) is 0 Å². The van der Waals surface area contributed by atoms with E-state index < -0.39 is 0 Å². The minimum atomic E-state index is 0.305. The number of nitrogens with one attached hydrogen (secondary N) is 1. The van der Waals surface area contributed by atoms with E-state index in [4.69, 9.17) is 5.11 Å². The maximum atomic E-state index is 8.95. The molecule has 1 atom stereocenters. The van der Waals surface area contributed by atoms with Gasteiger partial charge in [0.15, 0.2) is 0 Å². The van der Waals surface area contributed by atoms with E-state index in [9.17, 15) is 0 Å². The largest absolute Gasteiger partial charge is 0.396 e. The van der Waals surface area contributed by atoms with Gasteiger partial charge in [-0.05, 0) is 38.3 Å². The predicted octanol–water partition coefficient (Wildman–Crippen LogP) is 1.86. The topological polar surface area (TPSA) is 48.4 Å². The number of rotatable bonds is 6. The highest BCUT2D eigenvalue weighted by Gasteiger charge is 2.24. The van der Waals surface area contributed by atoms with E-state index in [0.29, 0.717) is 12.6 Å². The molecule has 100 valence electrons. The Kier molecular flexibility index (Phi) is 4.96. The zero-order chi connectivity index (χ0) is 12.8. The van der Waals surface area contributed by atoms with Crippen molar-refractivity contribution in [1.82, 2.24) is 9.88 Å². The summed E-state index contributed by atoms with van der Waals surface area (Å²) in [5.41, 5.74) is 1.26. The van der Waals surface area contributed by atoms with Gasteiger partial charge in [-0.3, -0.25) is 4.90 Å². The molecule has 1 fully saturated rings. The van der Waals surface area contributed by atoms with Gasteiger partial charge in [-0.25, -0.2) is 4.98 Å². The molecule has 2 rings (SSSR count). The van der Waals surface area contributed by atoms with Crippen molar-refractivity contribution in [2.24, 2.45) is 0 Å². The second kappa shape index (κ2) is 6.71. The number of hydrogen-bond donors (Lipinski definition) is 2. The van der Waals surface area contributed by atoms with Gasteiger partial charge in [0.05, 0.1) is 0 Å². The highest BCUT2D eigenvalue weighted by Crippen LogP contribution is 2.25. The minimum absolute atomic E-state index is 0.305. The van der Waals surface area contributed by atoms with Crippen LogP contribution in [0.2, 0.25) is 0 Å². The molecule has 1 aliphatic rings. The normalized spacial score (nSPS) is 20.2. The van der Waals surface area contributed by atoms with Crippen LogP contribution in [0.4, 0.5) is 5.82 Å². The highest BCUT2D eigenvalue weighted by molar-refractivity contribution is 5.42. The lowest BCUT2D eigenvalue weighted by Crippen LogP contribution is -2.29. The summed E-state index contributed by atoms with van der Waals surface area (Å²) < 4.78 is 0. The van der Waals surface area contributed by atoms with Gasteiger partial charge in [-0.2, -0.15) is 0 Å². The lowest BCUT2D eigenvalue weighted by atomic mass is 10.1. The van der Waals surface area contributed by atoms with Gasteiger partial charge in [0.1, 0.15) is 5.82 Å². The molecule has 0 bridgehead atoms. The Labute approximate surface area is 109 Å². The molecule has 0 radical (unpaired) electrons. The number of likely N-dealkylation sites (tertiary alicyclic amines) is 1. The van der Waals surface area contributed by atoms with E-state index in [-0.39, 0.29) is 0 Å². The van der Waals surface area contributed by atoms with Gasteiger partial charge >= 0.3 is 0 Å². The highest BCUT2D eigenvalue weighted by atomic mass is 16.2. The quantitative estimate of drug-likeness (QED) is 0.808. The van der Waals surface area contributed by atoms with Gasteiger partial charge in [0.25, 0.3) is 0 Å². The third kappa shape index (κ3) is 3.21. The molecule has 0 saturated carbocycles. The van der Waals surface area contributed by atoms with E-state index in [1.165, 1.54) is 18.4 Å². The summed E-state index contributed by atoms with van der Waals surface area (Å²) in [6.45, 7) is 2.42. The summed E-state index contributed by atoms with van der Waals surface area (Å²) >= 11 is 0. The zero-order valence-electron chi connectivity index (χ0n) is 11.1. The van der Waals surface area contributed by atoms with Gasteiger partial charge in [0, 0.05) is 38.0 Å². The van der Waals surface area contributed by atoms with Crippen LogP contribution in [0.1, 0.15) is 31.2 Å². The first kappa shape index (κ1) is 13.3. The van der Waals surface area contributed by atoms with Crippen molar-refractivity contribution in [2.75, 3.05) is 25.5 Å². The van der Waals surface area contributed by atoms with Gasteiger partial charge < -0.3 is 10.4 Å². The van der Waals surface area contributed by atoms with E-state index in [2.05, 4.69) is 21.3 Å². The van der Waals surface area contributed by atoms with Crippen LogP contribution in [0.15, 0.2) is 18.3 Å². The summed E-state index contributed by atoms with van der Waals surface area (Å²) in [6, 6.07) is 4.76. The van der Waals surface area contributed by atoms with Crippen molar-refractivity contribution in [3.63, 3.8) is 0 Å². The number of nitrogens with zero attached hydrogens (tertiary/aromatic N) is 2. The Morgan fingerprint density at radius 3 is 3.22 bits per heavy atom. The first-order chi connectivity index (χ1) is 8.85. The van der Waals surface area contributed by atoms with Crippen LogP contribution in [-0.4, -0.2) is 41.2 Å². The molecule has 0 aliphatic carbocycles. The molecule has 2 N–H and O–H groups in total. The number of anilines is 1. The van der Waals surface area contributed by atoms with Crippen molar-refractivity contribution in [3.8, 4) is 0 Å². The van der Waals surface area contributed by atoms with Gasteiger partial charge in [-0.15, -0.1) is 0 Å². The van der Waals surface area contributed by atoms with Gasteiger partial charge in [-0.1, -0.05) is 6.07 Å². The number of aliphatic hydroxyl groups excluding tert-OH is 1. The second-order valence-electron chi connectivity index (χ2n) is 4.89. The number of pyridine rings is 1. The van der Waals surface area contributed by atoms with Crippen molar-refractivity contribution < 1.29 is 5.11 Å². The van der Waals surface area contributed by atoms with Crippen LogP contribution in [0.25, 0.3) is 0 Å². The molecule has 1 unspecified atom stereocenters. The molecule has 2 heterocycles. The second-order valence-corrected chi connectivity index (χ2v) is 4.89. The molecule has 1 aromatic rings. The molecular weight excluding hydrogens is 226 g/mol. The predicted molar refractivity (Wildman–Crippen MR) is 73.5 cm³/mol. The molecule has 0 amide bonds. The van der Waals surface area contributed by atoms with E-state index in [0.717, 1.165) is 31.7 Å². The summed E-state index contributed by atoms with van der Waals surface area (Å²) in [7, 11) is 1.92. The molecule has 1 saturated heterocycles. The third-order valence-corrected chi connectivity index (χ3v) is 3.70. The average molecular weight is 249 g/mol. The van der Waals surface area contributed by atoms with Crippen molar-refractivity contribution >= 4 is 5.82 Å². The van der Waals surface area contributed by atoms with Crippen molar-refractivity contribution in [3.05, 3.63) is 23.9 Å². The monoisotopic (exact) mass is 249 g/mol. The summed E-state index contributed by atoms with van der Waals surface area (Å²) in [6.07, 6.45) is 6.36. The Hall–Kier alpha value is -1.13. The molecule has 18 heavy (non-hydrogen) atoms. The SMILES string of the molecule is CNc1ncccc1CN1CCCC1CCCO. The number of aliphatic hydroxyl groups is 1. The first-order valence-electron chi connectivity index (χ1n) is 6.81. The van der Waals surface area contributed by atoms with Crippen LogP contribution < -0.4 is 5.32 Å². The average Bonchev–Trinajstić information content (AvgIpc) is 2.84. The Balaban J connectivity index is 1.99. The Morgan fingerprint density at radius 2 is 2.44 bits per heavy atom. The number of hydrogen-bond acceptors (Lipinski definition) is 4. The van der Waals surface area contributed by atoms with Crippen LogP contribution in [0.3, 0.4) is 0 Å². The minimum Gasteiger partial charge on any atom is -0.396 e. The maximum Gasteiger partial charge on any atom is 0.130 e. The van der Waals surface area contributed by atoms with Crippen LogP contribution in [0, 0.1) is 0 Å². The van der Waals surface area contributed by atoms with Crippen LogP contribution in [-0.2, 0) is 6.54 Å². The fraction of sp³-hybridized carbons (Fsp3) is 0.643. The third-order valence-electron chi connectivity index (χ3n) is 3.70. The smallest absolute Gasteiger partial charge is 0.130 e. The lowest BCUT2D eigenvalue weighted by Gasteiger charge is -2.25. The van der Waals surface area contributed by atoms with E-state index in [1.807, 2.05) is 19.3 Å². The molecule has 0 spiro atoms. The zero-order valence-corrected chi connectivity index (χ0v) is 11.1. The summed E-state index contributed by atoms with van der Waals surface area (Å²) in [5.74, 6) is 0.977. The molecule has 4 heteroatoms. The maximum absolute atomic E-state index is 8.95. The number of aromatic nitrogens is 1. The molecule has 1 aliphatic heterocycles. The summed E-state index contributed by atoms with van der Waals surface area (Å²) in [4.78, 5) is 6.87. The molecule has 0 aromatic carbocycles.